The van der Waals surface area contributed by atoms with E-state index in [0.29, 0.717) is 41.2 Å². The van der Waals surface area contributed by atoms with Crippen LogP contribution in [0, 0.1) is 19.8 Å². The zero-order valence-electron chi connectivity index (χ0n) is 13.6. The number of hydrogen-bond acceptors (Lipinski definition) is 3. The Balaban J connectivity index is 3.05. The predicted octanol–water partition coefficient (Wildman–Crippen LogP) is 2.80. The summed E-state index contributed by atoms with van der Waals surface area (Å²) in [6.07, 6.45) is 1.61. The van der Waals surface area contributed by atoms with Gasteiger partial charge in [0.1, 0.15) is 4.90 Å². The van der Waals surface area contributed by atoms with E-state index in [2.05, 4.69) is 18.9 Å². The second kappa shape index (κ2) is 7.61. The fourth-order valence-electron chi connectivity index (χ4n) is 2.20. The summed E-state index contributed by atoms with van der Waals surface area (Å²) in [4.78, 5) is 0.336. The molecule has 1 aromatic rings. The summed E-state index contributed by atoms with van der Waals surface area (Å²) in [6.45, 7) is 8.88. The molecular formula is C14H26ClN3O2S. The molecule has 0 radical (unpaired) electrons. The summed E-state index contributed by atoms with van der Waals surface area (Å²) < 4.78 is 28.6. The van der Waals surface area contributed by atoms with Gasteiger partial charge in [-0.2, -0.15) is 5.10 Å². The van der Waals surface area contributed by atoms with Gasteiger partial charge in [0.15, 0.2) is 0 Å². The maximum absolute atomic E-state index is 12.7. The zero-order valence-corrected chi connectivity index (χ0v) is 15.1. The lowest BCUT2D eigenvalue weighted by atomic mass is 10.1. The van der Waals surface area contributed by atoms with Crippen molar-refractivity contribution in [1.82, 2.24) is 14.1 Å². The number of aromatic nitrogens is 2. The minimum atomic E-state index is -3.48. The third kappa shape index (κ3) is 4.44. The molecule has 0 aromatic carbocycles. The minimum absolute atomic E-state index is 0.336. The van der Waals surface area contributed by atoms with Crippen molar-refractivity contribution < 1.29 is 8.42 Å². The van der Waals surface area contributed by atoms with Crippen LogP contribution in [0.1, 0.15) is 38.1 Å². The molecule has 0 unspecified atom stereocenters. The van der Waals surface area contributed by atoms with E-state index < -0.39 is 10.0 Å². The van der Waals surface area contributed by atoms with Crippen LogP contribution < -0.4 is 0 Å². The highest BCUT2D eigenvalue weighted by atomic mass is 35.5. The molecule has 7 heteroatoms. The monoisotopic (exact) mass is 335 g/mol. The molecule has 0 saturated carbocycles. The van der Waals surface area contributed by atoms with E-state index in [9.17, 15) is 8.42 Å². The van der Waals surface area contributed by atoms with Crippen LogP contribution in [0.4, 0.5) is 0 Å². The molecule has 0 amide bonds. The normalized spacial score (nSPS) is 12.6. The molecule has 0 aliphatic carbocycles. The van der Waals surface area contributed by atoms with Crippen molar-refractivity contribution in [2.75, 3.05) is 19.5 Å². The van der Waals surface area contributed by atoms with Crippen molar-refractivity contribution in [2.45, 2.75) is 52.0 Å². The molecule has 1 heterocycles. The van der Waals surface area contributed by atoms with Crippen molar-refractivity contribution in [1.29, 1.82) is 0 Å². The fourth-order valence-corrected chi connectivity index (χ4v) is 3.87. The molecule has 5 nitrogen and oxygen atoms in total. The molecular weight excluding hydrogens is 310 g/mol. The largest absolute Gasteiger partial charge is 0.268 e. The molecule has 21 heavy (non-hydrogen) atoms. The molecule has 1 rings (SSSR count). The summed E-state index contributed by atoms with van der Waals surface area (Å²) in [5, 5.41) is 4.34. The summed E-state index contributed by atoms with van der Waals surface area (Å²) in [5.74, 6) is 1.01. The highest BCUT2D eigenvalue weighted by molar-refractivity contribution is 7.89. The smallest absolute Gasteiger partial charge is 0.246 e. The van der Waals surface area contributed by atoms with Gasteiger partial charge in [0.2, 0.25) is 10.0 Å². The van der Waals surface area contributed by atoms with E-state index in [1.54, 1.807) is 25.6 Å². The molecule has 0 fully saturated rings. The molecule has 0 spiro atoms. The van der Waals surface area contributed by atoms with Crippen LogP contribution >= 0.6 is 11.6 Å². The molecule has 0 aliphatic heterocycles. The van der Waals surface area contributed by atoms with E-state index in [1.807, 2.05) is 0 Å². The van der Waals surface area contributed by atoms with Crippen LogP contribution in [-0.2, 0) is 16.6 Å². The first-order valence-electron chi connectivity index (χ1n) is 7.28. The van der Waals surface area contributed by atoms with Gasteiger partial charge in [-0.1, -0.05) is 13.8 Å². The van der Waals surface area contributed by atoms with E-state index in [0.717, 1.165) is 12.8 Å². The molecule has 0 bridgehead atoms. The Morgan fingerprint density at radius 3 is 2.48 bits per heavy atom. The molecule has 0 N–H and O–H groups in total. The minimum Gasteiger partial charge on any atom is -0.268 e. The van der Waals surface area contributed by atoms with E-state index in [-0.39, 0.29) is 0 Å². The van der Waals surface area contributed by atoms with Crippen molar-refractivity contribution in [2.24, 2.45) is 5.92 Å². The Kier molecular flexibility index (Phi) is 6.69. The number of hydrogen-bond donors (Lipinski definition) is 0. The number of alkyl halides is 1. The Morgan fingerprint density at radius 2 is 1.95 bits per heavy atom. The molecule has 0 saturated heterocycles. The standard InChI is InChI=1S/C14H26ClN3O2S/c1-11(2)7-10-17(5)21(19,20)14-12(3)16-18(13(14)4)9-6-8-15/h11H,6-10H2,1-5H3. The number of nitrogens with zero attached hydrogens (tertiary/aromatic N) is 3. The average Bonchev–Trinajstić information content (AvgIpc) is 2.68. The van der Waals surface area contributed by atoms with Crippen LogP contribution in [0.2, 0.25) is 0 Å². The van der Waals surface area contributed by atoms with Crippen LogP contribution in [0.3, 0.4) is 0 Å². The lowest BCUT2D eigenvalue weighted by Crippen LogP contribution is -2.29. The van der Waals surface area contributed by atoms with Crippen LogP contribution in [0.5, 0.6) is 0 Å². The fraction of sp³-hybridized carbons (Fsp3) is 0.786. The maximum Gasteiger partial charge on any atom is 0.246 e. The van der Waals surface area contributed by atoms with Crippen molar-refractivity contribution in [3.05, 3.63) is 11.4 Å². The first-order chi connectivity index (χ1) is 9.71. The first kappa shape index (κ1) is 18.5. The van der Waals surface area contributed by atoms with Gasteiger partial charge in [0.25, 0.3) is 0 Å². The molecule has 0 atom stereocenters. The Labute approximate surface area is 133 Å². The van der Waals surface area contributed by atoms with Gasteiger partial charge in [-0.3, -0.25) is 4.68 Å². The highest BCUT2D eigenvalue weighted by Crippen LogP contribution is 2.23. The Hall–Kier alpha value is -0.590. The van der Waals surface area contributed by atoms with Gasteiger partial charge >= 0.3 is 0 Å². The third-order valence-electron chi connectivity index (χ3n) is 3.51. The Morgan fingerprint density at radius 1 is 1.33 bits per heavy atom. The molecule has 122 valence electrons. The number of halogens is 1. The number of sulfonamides is 1. The van der Waals surface area contributed by atoms with Gasteiger partial charge in [-0.15, -0.1) is 11.6 Å². The van der Waals surface area contributed by atoms with Gasteiger partial charge in [0.05, 0.1) is 11.4 Å². The second-order valence-electron chi connectivity index (χ2n) is 5.77. The van der Waals surface area contributed by atoms with Gasteiger partial charge in [-0.05, 0) is 32.6 Å². The van der Waals surface area contributed by atoms with Crippen molar-refractivity contribution in [3.8, 4) is 0 Å². The summed E-state index contributed by atoms with van der Waals surface area (Å²) in [7, 11) is -1.85. The summed E-state index contributed by atoms with van der Waals surface area (Å²) in [6, 6.07) is 0. The predicted molar refractivity (Wildman–Crippen MR) is 86.3 cm³/mol. The lowest BCUT2D eigenvalue weighted by molar-refractivity contribution is 0.427. The highest BCUT2D eigenvalue weighted by Gasteiger charge is 2.28. The van der Waals surface area contributed by atoms with E-state index in [1.165, 1.54) is 4.31 Å². The second-order valence-corrected chi connectivity index (χ2v) is 8.13. The van der Waals surface area contributed by atoms with Crippen LogP contribution in [0.15, 0.2) is 4.90 Å². The topological polar surface area (TPSA) is 55.2 Å². The average molecular weight is 336 g/mol. The number of rotatable bonds is 8. The van der Waals surface area contributed by atoms with Gasteiger partial charge in [0, 0.05) is 26.0 Å². The molecule has 0 aliphatic rings. The quantitative estimate of drug-likeness (QED) is 0.686. The third-order valence-corrected chi connectivity index (χ3v) is 5.89. The van der Waals surface area contributed by atoms with Crippen LogP contribution in [-0.4, -0.2) is 42.0 Å². The first-order valence-corrected chi connectivity index (χ1v) is 9.25. The van der Waals surface area contributed by atoms with Crippen molar-refractivity contribution in [3.63, 3.8) is 0 Å². The SMILES string of the molecule is Cc1nn(CCCCl)c(C)c1S(=O)(=O)N(C)CCC(C)C. The maximum atomic E-state index is 12.7. The van der Waals surface area contributed by atoms with Crippen molar-refractivity contribution >= 4 is 21.6 Å². The Bertz CT molecular complexity index is 567. The summed E-state index contributed by atoms with van der Waals surface area (Å²) in [5.41, 5.74) is 1.24. The lowest BCUT2D eigenvalue weighted by Gasteiger charge is -2.18. The van der Waals surface area contributed by atoms with Gasteiger partial charge < -0.3 is 0 Å². The summed E-state index contributed by atoms with van der Waals surface area (Å²) >= 11 is 5.69. The zero-order chi connectivity index (χ0) is 16.2. The van der Waals surface area contributed by atoms with E-state index >= 15 is 0 Å². The van der Waals surface area contributed by atoms with Gasteiger partial charge in [-0.25, -0.2) is 12.7 Å². The van der Waals surface area contributed by atoms with Crippen LogP contribution in [0.25, 0.3) is 0 Å². The molecule has 1 aromatic heterocycles. The number of aryl methyl sites for hydroxylation is 2. The van der Waals surface area contributed by atoms with E-state index in [4.69, 9.17) is 11.6 Å².